The average Bonchev–Trinajstić information content (AvgIpc) is 2.90. The maximum absolute atomic E-state index is 13.3. The summed E-state index contributed by atoms with van der Waals surface area (Å²) in [5.74, 6) is -0.840. The summed E-state index contributed by atoms with van der Waals surface area (Å²) in [5, 5.41) is 7.16. The first-order chi connectivity index (χ1) is 10.2. The summed E-state index contributed by atoms with van der Waals surface area (Å²) in [7, 11) is 0. The fourth-order valence-corrected chi connectivity index (χ4v) is 2.08. The number of hydrogen-bond donors (Lipinski definition) is 1. The van der Waals surface area contributed by atoms with Crippen LogP contribution in [0.2, 0.25) is 0 Å². The topological polar surface area (TPSA) is 67.9 Å². The quantitative estimate of drug-likeness (QED) is 0.751. The molecule has 0 saturated carbocycles. The number of benzene rings is 1. The van der Waals surface area contributed by atoms with Crippen LogP contribution in [0, 0.1) is 5.82 Å². The molecule has 1 N–H and O–H groups in total. The van der Waals surface area contributed by atoms with Gasteiger partial charge in [0.2, 0.25) is 0 Å². The van der Waals surface area contributed by atoms with Crippen molar-refractivity contribution >= 4 is 17.0 Å². The highest BCUT2D eigenvalue weighted by Gasteiger charge is 2.16. The van der Waals surface area contributed by atoms with E-state index in [1.165, 1.54) is 12.1 Å². The summed E-state index contributed by atoms with van der Waals surface area (Å²) < 4.78 is 18.3. The van der Waals surface area contributed by atoms with E-state index < -0.39 is 5.97 Å². The molecule has 0 amide bonds. The van der Waals surface area contributed by atoms with Crippen LogP contribution in [-0.4, -0.2) is 27.8 Å². The predicted molar refractivity (Wildman–Crippen MR) is 75.2 cm³/mol. The van der Waals surface area contributed by atoms with Gasteiger partial charge in [0.15, 0.2) is 11.3 Å². The summed E-state index contributed by atoms with van der Waals surface area (Å²) in [6.07, 6.45) is 1.60. The third kappa shape index (κ3) is 2.47. The second-order valence-corrected chi connectivity index (χ2v) is 4.42. The number of fused-ring (bicyclic) bond motifs is 1. The number of aromatic nitrogens is 3. The highest BCUT2D eigenvalue weighted by Crippen LogP contribution is 2.24. The molecule has 6 heteroatoms. The van der Waals surface area contributed by atoms with E-state index in [4.69, 9.17) is 4.74 Å². The minimum absolute atomic E-state index is 0.178. The highest BCUT2D eigenvalue weighted by molar-refractivity contribution is 6.01. The Morgan fingerprint density at radius 3 is 2.95 bits per heavy atom. The highest BCUT2D eigenvalue weighted by atomic mass is 19.1. The molecule has 21 heavy (non-hydrogen) atoms. The Kier molecular flexibility index (Phi) is 3.35. The standard InChI is InChI=1S/C15H12FN3O2/c1-2-21-15(20)13-12-7-10(8-17-14(12)19-18-13)9-4-3-5-11(16)6-9/h3-8H,2H2,1H3,(H,17,18,19). The van der Waals surface area contributed by atoms with Gasteiger partial charge >= 0.3 is 5.97 Å². The molecule has 0 fully saturated rings. The van der Waals surface area contributed by atoms with Crippen molar-refractivity contribution in [3.05, 3.63) is 48.0 Å². The summed E-state index contributed by atoms with van der Waals surface area (Å²) in [6.45, 7) is 1.99. The summed E-state index contributed by atoms with van der Waals surface area (Å²) >= 11 is 0. The molecule has 1 aromatic carbocycles. The van der Waals surface area contributed by atoms with Crippen LogP contribution in [0.15, 0.2) is 36.5 Å². The van der Waals surface area contributed by atoms with Crippen LogP contribution in [0.4, 0.5) is 4.39 Å². The molecule has 3 rings (SSSR count). The van der Waals surface area contributed by atoms with Crippen molar-refractivity contribution in [1.29, 1.82) is 0 Å². The maximum Gasteiger partial charge on any atom is 0.359 e. The van der Waals surface area contributed by atoms with Crippen molar-refractivity contribution in [2.24, 2.45) is 0 Å². The first-order valence-corrected chi connectivity index (χ1v) is 6.46. The molecule has 0 saturated heterocycles. The maximum atomic E-state index is 13.3. The van der Waals surface area contributed by atoms with Crippen LogP contribution in [-0.2, 0) is 4.74 Å². The Morgan fingerprint density at radius 2 is 2.19 bits per heavy atom. The van der Waals surface area contributed by atoms with Crippen LogP contribution in [0.25, 0.3) is 22.2 Å². The zero-order valence-corrected chi connectivity index (χ0v) is 11.3. The minimum atomic E-state index is -0.512. The average molecular weight is 285 g/mol. The third-order valence-corrected chi connectivity index (χ3v) is 3.04. The number of esters is 1. The lowest BCUT2D eigenvalue weighted by molar-refractivity contribution is 0.0521. The van der Waals surface area contributed by atoms with Gasteiger partial charge < -0.3 is 4.74 Å². The number of carbonyl (C=O) groups is 1. The Hall–Kier alpha value is -2.76. The summed E-state index contributed by atoms with van der Waals surface area (Å²) in [5.41, 5.74) is 2.05. The number of H-pyrrole nitrogens is 1. The lowest BCUT2D eigenvalue weighted by Crippen LogP contribution is -2.05. The van der Waals surface area contributed by atoms with Gasteiger partial charge in [0.05, 0.1) is 12.0 Å². The molecule has 2 heterocycles. The van der Waals surface area contributed by atoms with Gasteiger partial charge in [-0.1, -0.05) is 12.1 Å². The number of rotatable bonds is 3. The zero-order chi connectivity index (χ0) is 14.8. The van der Waals surface area contributed by atoms with Crippen molar-refractivity contribution in [1.82, 2.24) is 15.2 Å². The molecule has 0 radical (unpaired) electrons. The van der Waals surface area contributed by atoms with Crippen molar-refractivity contribution in [2.45, 2.75) is 6.92 Å². The molecule has 0 bridgehead atoms. The van der Waals surface area contributed by atoms with E-state index in [1.807, 2.05) is 0 Å². The number of pyridine rings is 1. The number of ether oxygens (including phenoxy) is 1. The molecule has 0 unspecified atom stereocenters. The molecular formula is C15H12FN3O2. The van der Waals surface area contributed by atoms with Crippen LogP contribution in [0.1, 0.15) is 17.4 Å². The molecule has 5 nitrogen and oxygen atoms in total. The van der Waals surface area contributed by atoms with Crippen LogP contribution in [0.3, 0.4) is 0 Å². The second kappa shape index (κ2) is 5.32. The summed E-state index contributed by atoms with van der Waals surface area (Å²) in [4.78, 5) is 16.0. The van der Waals surface area contributed by atoms with Crippen molar-refractivity contribution in [3.8, 4) is 11.1 Å². The fourth-order valence-electron chi connectivity index (χ4n) is 2.08. The first-order valence-electron chi connectivity index (χ1n) is 6.46. The molecule has 3 aromatic rings. The molecule has 0 spiro atoms. The molecule has 106 valence electrons. The Labute approximate surface area is 119 Å². The van der Waals surface area contributed by atoms with E-state index in [-0.39, 0.29) is 18.1 Å². The number of halogens is 1. The van der Waals surface area contributed by atoms with Crippen LogP contribution < -0.4 is 0 Å². The molecule has 0 aliphatic carbocycles. The number of nitrogens with one attached hydrogen (secondary N) is 1. The van der Waals surface area contributed by atoms with E-state index >= 15 is 0 Å². The Bertz CT molecular complexity index is 814. The van der Waals surface area contributed by atoms with Crippen molar-refractivity contribution in [3.63, 3.8) is 0 Å². The number of hydrogen-bond acceptors (Lipinski definition) is 4. The Morgan fingerprint density at radius 1 is 1.33 bits per heavy atom. The van der Waals surface area contributed by atoms with Crippen LogP contribution in [0.5, 0.6) is 0 Å². The smallest absolute Gasteiger partial charge is 0.359 e. The second-order valence-electron chi connectivity index (χ2n) is 4.42. The predicted octanol–water partition coefficient (Wildman–Crippen LogP) is 2.94. The number of nitrogens with zero attached hydrogens (tertiary/aromatic N) is 2. The lowest BCUT2D eigenvalue weighted by atomic mass is 10.1. The largest absolute Gasteiger partial charge is 0.461 e. The third-order valence-electron chi connectivity index (χ3n) is 3.04. The van der Waals surface area contributed by atoms with E-state index in [2.05, 4.69) is 15.2 Å². The molecule has 0 aliphatic heterocycles. The Balaban J connectivity index is 2.10. The van der Waals surface area contributed by atoms with E-state index in [0.717, 1.165) is 0 Å². The lowest BCUT2D eigenvalue weighted by Gasteiger charge is -2.02. The monoisotopic (exact) mass is 285 g/mol. The van der Waals surface area contributed by atoms with Gasteiger partial charge in [-0.2, -0.15) is 5.10 Å². The number of carbonyl (C=O) groups excluding carboxylic acids is 1. The first kappa shape index (κ1) is 13.2. The summed E-state index contributed by atoms with van der Waals surface area (Å²) in [6, 6.07) is 7.92. The SMILES string of the molecule is CCOC(=O)c1n[nH]c2ncc(-c3cccc(F)c3)cc12. The van der Waals surface area contributed by atoms with Gasteiger partial charge in [0, 0.05) is 11.8 Å². The van der Waals surface area contributed by atoms with Gasteiger partial charge in [-0.15, -0.1) is 0 Å². The normalized spacial score (nSPS) is 10.8. The molecule has 0 atom stereocenters. The molecule has 0 aliphatic rings. The van der Waals surface area contributed by atoms with Gasteiger partial charge in [-0.25, -0.2) is 14.2 Å². The zero-order valence-electron chi connectivity index (χ0n) is 11.3. The number of aromatic amines is 1. The molecular weight excluding hydrogens is 273 g/mol. The van der Waals surface area contributed by atoms with Gasteiger partial charge in [-0.3, -0.25) is 5.10 Å². The van der Waals surface area contributed by atoms with Crippen LogP contribution >= 0.6 is 0 Å². The van der Waals surface area contributed by atoms with Gasteiger partial charge in [-0.05, 0) is 30.7 Å². The van der Waals surface area contributed by atoms with E-state index in [1.54, 1.807) is 31.3 Å². The van der Waals surface area contributed by atoms with Crippen molar-refractivity contribution in [2.75, 3.05) is 6.61 Å². The van der Waals surface area contributed by atoms with E-state index in [9.17, 15) is 9.18 Å². The fraction of sp³-hybridized carbons (Fsp3) is 0.133. The van der Waals surface area contributed by atoms with E-state index in [0.29, 0.717) is 22.2 Å². The molecule has 2 aromatic heterocycles. The van der Waals surface area contributed by atoms with Gasteiger partial charge in [0.1, 0.15) is 5.82 Å². The van der Waals surface area contributed by atoms with Gasteiger partial charge in [0.25, 0.3) is 0 Å². The van der Waals surface area contributed by atoms with Crippen molar-refractivity contribution < 1.29 is 13.9 Å². The minimum Gasteiger partial charge on any atom is -0.461 e.